The Morgan fingerprint density at radius 2 is 2.00 bits per heavy atom. The van der Waals surface area contributed by atoms with Gasteiger partial charge in [-0.2, -0.15) is 0 Å². The number of anilines is 1. The van der Waals surface area contributed by atoms with Gasteiger partial charge >= 0.3 is 5.97 Å². The predicted molar refractivity (Wildman–Crippen MR) is 103 cm³/mol. The first-order valence-electron chi connectivity index (χ1n) is 8.78. The number of carbonyl (C=O) groups excluding carboxylic acids is 2. The lowest BCUT2D eigenvalue weighted by atomic mass is 9.96. The molecular formula is C18H20FN3O3S2. The van der Waals surface area contributed by atoms with Gasteiger partial charge in [-0.05, 0) is 25.0 Å². The summed E-state index contributed by atoms with van der Waals surface area (Å²) < 4.78 is 19.1. The third-order valence-corrected chi connectivity index (χ3v) is 6.15. The molecule has 1 aliphatic carbocycles. The molecule has 0 radical (unpaired) electrons. The van der Waals surface area contributed by atoms with Gasteiger partial charge in [-0.25, -0.2) is 4.39 Å². The van der Waals surface area contributed by atoms with E-state index in [-0.39, 0.29) is 11.3 Å². The van der Waals surface area contributed by atoms with Crippen molar-refractivity contribution in [1.82, 2.24) is 10.2 Å². The van der Waals surface area contributed by atoms with Crippen molar-refractivity contribution in [3.63, 3.8) is 0 Å². The van der Waals surface area contributed by atoms with E-state index in [0.29, 0.717) is 10.4 Å². The van der Waals surface area contributed by atoms with Crippen molar-refractivity contribution >= 4 is 40.0 Å². The van der Waals surface area contributed by atoms with Crippen molar-refractivity contribution in [2.75, 3.05) is 17.7 Å². The number of carbonyl (C=O) groups is 2. The van der Waals surface area contributed by atoms with Crippen LogP contribution >= 0.6 is 23.1 Å². The monoisotopic (exact) mass is 409 g/mol. The maximum absolute atomic E-state index is 13.5. The molecule has 0 aliphatic heterocycles. The van der Waals surface area contributed by atoms with Gasteiger partial charge in [0, 0.05) is 6.04 Å². The highest BCUT2D eigenvalue weighted by atomic mass is 32.2. The summed E-state index contributed by atoms with van der Waals surface area (Å²) in [5, 5.41) is 12.3. The second-order valence-electron chi connectivity index (χ2n) is 6.20. The van der Waals surface area contributed by atoms with E-state index in [4.69, 9.17) is 4.74 Å². The summed E-state index contributed by atoms with van der Waals surface area (Å²) in [4.78, 5) is 23.7. The molecule has 0 spiro atoms. The summed E-state index contributed by atoms with van der Waals surface area (Å²) in [6.45, 7) is -0.481. The van der Waals surface area contributed by atoms with Crippen LogP contribution in [0.4, 0.5) is 9.52 Å². The topological polar surface area (TPSA) is 81.2 Å². The zero-order valence-electron chi connectivity index (χ0n) is 14.7. The molecule has 1 saturated carbocycles. The first-order chi connectivity index (χ1) is 13.1. The van der Waals surface area contributed by atoms with Crippen LogP contribution in [0.5, 0.6) is 0 Å². The molecule has 0 amide bonds. The zero-order valence-corrected chi connectivity index (χ0v) is 16.3. The van der Waals surface area contributed by atoms with Crippen LogP contribution in [-0.4, -0.2) is 40.4 Å². The molecule has 0 unspecified atom stereocenters. The van der Waals surface area contributed by atoms with Crippen molar-refractivity contribution in [3.8, 4) is 0 Å². The van der Waals surface area contributed by atoms with Gasteiger partial charge < -0.3 is 10.1 Å². The fourth-order valence-corrected chi connectivity index (χ4v) is 4.45. The summed E-state index contributed by atoms with van der Waals surface area (Å²) >= 11 is 2.60. The van der Waals surface area contributed by atoms with Crippen LogP contribution in [0.15, 0.2) is 28.6 Å². The molecule has 2 aromatic rings. The Hall–Kier alpha value is -2.00. The first-order valence-corrected chi connectivity index (χ1v) is 10.6. The fraction of sp³-hybridized carbons (Fsp3) is 0.444. The lowest BCUT2D eigenvalue weighted by Crippen LogP contribution is -2.21. The maximum Gasteiger partial charge on any atom is 0.316 e. The van der Waals surface area contributed by atoms with E-state index in [0.717, 1.165) is 18.0 Å². The Kier molecular flexibility index (Phi) is 7.17. The summed E-state index contributed by atoms with van der Waals surface area (Å²) in [5.74, 6) is -1.73. The van der Waals surface area contributed by atoms with Crippen LogP contribution in [0, 0.1) is 5.82 Å². The van der Waals surface area contributed by atoms with Crippen LogP contribution in [-0.2, 0) is 9.53 Å². The van der Waals surface area contributed by atoms with Gasteiger partial charge in [0.1, 0.15) is 5.82 Å². The first kappa shape index (κ1) is 19.8. The molecule has 9 heteroatoms. The highest BCUT2D eigenvalue weighted by molar-refractivity contribution is 8.01. The van der Waals surface area contributed by atoms with Crippen LogP contribution in [0.1, 0.15) is 42.5 Å². The third kappa shape index (κ3) is 6.00. The molecule has 1 aliphatic rings. The van der Waals surface area contributed by atoms with Gasteiger partial charge in [-0.3, -0.25) is 9.59 Å². The van der Waals surface area contributed by atoms with Crippen LogP contribution in [0.2, 0.25) is 0 Å². The Bertz CT molecular complexity index is 794. The quantitative estimate of drug-likeness (QED) is 0.402. The number of aromatic nitrogens is 2. The number of nitrogens with one attached hydrogen (secondary N) is 1. The molecule has 144 valence electrons. The lowest BCUT2D eigenvalue weighted by Gasteiger charge is -2.21. The number of halogens is 1. The predicted octanol–water partition coefficient (Wildman–Crippen LogP) is 3.94. The number of hydrogen-bond acceptors (Lipinski definition) is 8. The van der Waals surface area contributed by atoms with E-state index in [1.807, 2.05) is 0 Å². The van der Waals surface area contributed by atoms with Crippen LogP contribution in [0.3, 0.4) is 0 Å². The van der Waals surface area contributed by atoms with E-state index in [1.54, 1.807) is 6.07 Å². The van der Waals surface area contributed by atoms with Gasteiger partial charge in [0.15, 0.2) is 10.9 Å². The minimum absolute atomic E-state index is 0.0165. The maximum atomic E-state index is 13.5. The molecule has 0 saturated heterocycles. The van der Waals surface area contributed by atoms with E-state index in [2.05, 4.69) is 15.5 Å². The highest BCUT2D eigenvalue weighted by Gasteiger charge is 2.17. The SMILES string of the molecule is O=C(CSc1nnc(NC2CCCCC2)s1)OCC(=O)c1ccccc1F. The van der Waals surface area contributed by atoms with E-state index in [1.165, 1.54) is 60.6 Å². The summed E-state index contributed by atoms with van der Waals surface area (Å²) in [6.07, 6.45) is 6.04. The van der Waals surface area contributed by atoms with Gasteiger partial charge in [0.05, 0.1) is 11.3 Å². The molecule has 1 heterocycles. The molecule has 1 N–H and O–H groups in total. The average molecular weight is 410 g/mol. The number of Topliss-reactive ketones (excluding diaryl/α,β-unsaturated/α-hetero) is 1. The molecule has 0 bridgehead atoms. The van der Waals surface area contributed by atoms with Crippen molar-refractivity contribution in [2.24, 2.45) is 0 Å². The van der Waals surface area contributed by atoms with Crippen molar-refractivity contribution in [1.29, 1.82) is 0 Å². The van der Waals surface area contributed by atoms with Gasteiger partial charge in [-0.1, -0.05) is 54.5 Å². The van der Waals surface area contributed by atoms with Gasteiger partial charge in [0.25, 0.3) is 0 Å². The van der Waals surface area contributed by atoms with Crippen LogP contribution in [0.25, 0.3) is 0 Å². The zero-order chi connectivity index (χ0) is 19.1. The Labute approximate surface area is 164 Å². The number of hydrogen-bond donors (Lipinski definition) is 1. The number of ketones is 1. The molecule has 1 fully saturated rings. The Morgan fingerprint density at radius 3 is 2.78 bits per heavy atom. The normalized spacial score (nSPS) is 14.7. The smallest absolute Gasteiger partial charge is 0.316 e. The average Bonchev–Trinajstić information content (AvgIpc) is 3.13. The van der Waals surface area contributed by atoms with E-state index >= 15 is 0 Å². The number of rotatable bonds is 8. The highest BCUT2D eigenvalue weighted by Crippen LogP contribution is 2.28. The summed E-state index contributed by atoms with van der Waals surface area (Å²) in [5.41, 5.74) is -0.0829. The standard InChI is InChI=1S/C18H20FN3O3S2/c19-14-9-5-4-8-13(14)15(23)10-25-16(24)11-26-18-22-21-17(27-18)20-12-6-2-1-3-7-12/h4-5,8-9,12H,1-3,6-7,10-11H2,(H,20,21). The molecule has 3 rings (SSSR count). The van der Waals surface area contributed by atoms with Crippen molar-refractivity contribution in [2.45, 2.75) is 42.5 Å². The minimum atomic E-state index is -0.625. The molecule has 6 nitrogen and oxygen atoms in total. The second-order valence-corrected chi connectivity index (χ2v) is 8.40. The molecule has 1 aromatic heterocycles. The summed E-state index contributed by atoms with van der Waals surface area (Å²) in [6, 6.07) is 6.05. The van der Waals surface area contributed by atoms with Crippen molar-refractivity contribution < 1.29 is 18.7 Å². The van der Waals surface area contributed by atoms with Crippen molar-refractivity contribution in [3.05, 3.63) is 35.6 Å². The Morgan fingerprint density at radius 1 is 1.22 bits per heavy atom. The fourth-order valence-electron chi connectivity index (χ4n) is 2.82. The largest absolute Gasteiger partial charge is 0.457 e. The number of thioether (sulfide) groups is 1. The molecule has 1 aromatic carbocycles. The third-order valence-electron chi connectivity index (χ3n) is 4.19. The number of benzene rings is 1. The molecule has 0 atom stereocenters. The molecule has 27 heavy (non-hydrogen) atoms. The number of esters is 1. The van der Waals surface area contributed by atoms with Gasteiger partial charge in [-0.15, -0.1) is 10.2 Å². The molecular weight excluding hydrogens is 389 g/mol. The Balaban J connectivity index is 1.40. The summed E-state index contributed by atoms with van der Waals surface area (Å²) in [7, 11) is 0. The van der Waals surface area contributed by atoms with Gasteiger partial charge in [0.2, 0.25) is 10.9 Å². The number of ether oxygens (including phenoxy) is 1. The lowest BCUT2D eigenvalue weighted by molar-refractivity contribution is -0.139. The second kappa shape index (κ2) is 9.80. The van der Waals surface area contributed by atoms with Crippen LogP contribution < -0.4 is 5.32 Å². The van der Waals surface area contributed by atoms with E-state index in [9.17, 15) is 14.0 Å². The number of nitrogens with zero attached hydrogens (tertiary/aromatic N) is 2. The van der Waals surface area contributed by atoms with E-state index < -0.39 is 24.2 Å². The minimum Gasteiger partial charge on any atom is -0.457 e.